The lowest BCUT2D eigenvalue weighted by Gasteiger charge is -2.11. The number of ether oxygens (including phenoxy) is 1. The van der Waals surface area contributed by atoms with Crippen molar-refractivity contribution in [2.45, 2.75) is 40.0 Å². The molecule has 0 amide bonds. The third kappa shape index (κ3) is 4.64. The molecule has 0 radical (unpaired) electrons. The van der Waals surface area contributed by atoms with Crippen molar-refractivity contribution in [3.05, 3.63) is 26.4 Å². The van der Waals surface area contributed by atoms with E-state index in [1.165, 1.54) is 11.6 Å². The van der Waals surface area contributed by atoms with E-state index in [-0.39, 0.29) is 17.4 Å². The number of esters is 1. The second-order valence-electron chi connectivity index (χ2n) is 5.44. The van der Waals surface area contributed by atoms with Crippen LogP contribution < -0.4 is 11.2 Å². The molecule has 0 N–H and O–H groups in total. The number of hydrogen-bond acceptors (Lipinski definition) is 5. The van der Waals surface area contributed by atoms with E-state index in [1.54, 1.807) is 27.1 Å². The summed E-state index contributed by atoms with van der Waals surface area (Å²) in [5.41, 5.74) is -0.335. The fraction of sp³-hybridized carbons (Fsp3) is 0.625. The average molecular weight is 323 g/mol. The van der Waals surface area contributed by atoms with E-state index < -0.39 is 5.69 Å². The standard InChI is InChI=1S/C16H25N3O4/c1-6-12(8-9-13(20)23-7-2)10-17-14-11(3)15(21)19(5)16(22)18(14)4/h10,12H,6-9H2,1-5H3/b17-10-. The first-order valence-corrected chi connectivity index (χ1v) is 7.79. The van der Waals surface area contributed by atoms with Crippen LogP contribution in [0.5, 0.6) is 0 Å². The molecule has 0 aliphatic heterocycles. The Kier molecular flexibility index (Phi) is 6.93. The Morgan fingerprint density at radius 1 is 1.26 bits per heavy atom. The normalized spacial score (nSPS) is 12.6. The van der Waals surface area contributed by atoms with Gasteiger partial charge in [-0.15, -0.1) is 0 Å². The van der Waals surface area contributed by atoms with E-state index in [0.717, 1.165) is 11.0 Å². The molecule has 1 unspecified atom stereocenters. The molecule has 1 aromatic rings. The maximum Gasteiger partial charge on any atom is 0.332 e. The van der Waals surface area contributed by atoms with E-state index in [0.29, 0.717) is 30.8 Å². The van der Waals surface area contributed by atoms with Gasteiger partial charge >= 0.3 is 11.7 Å². The molecule has 0 spiro atoms. The molecule has 1 atom stereocenters. The van der Waals surface area contributed by atoms with Crippen LogP contribution in [0.3, 0.4) is 0 Å². The van der Waals surface area contributed by atoms with Crippen LogP contribution in [-0.2, 0) is 23.6 Å². The first-order chi connectivity index (χ1) is 10.8. The molecule has 0 aliphatic carbocycles. The zero-order valence-electron chi connectivity index (χ0n) is 14.5. The van der Waals surface area contributed by atoms with Crippen LogP contribution in [0.15, 0.2) is 14.6 Å². The number of carbonyl (C=O) groups excluding carboxylic acids is 1. The molecule has 128 valence electrons. The van der Waals surface area contributed by atoms with Crippen LogP contribution in [0.4, 0.5) is 5.82 Å². The quantitative estimate of drug-likeness (QED) is 0.562. The van der Waals surface area contributed by atoms with E-state index in [4.69, 9.17) is 4.74 Å². The van der Waals surface area contributed by atoms with Gasteiger partial charge in [0.25, 0.3) is 5.56 Å². The molecule has 0 aliphatic rings. The summed E-state index contributed by atoms with van der Waals surface area (Å²) in [7, 11) is 3.03. The summed E-state index contributed by atoms with van der Waals surface area (Å²) >= 11 is 0. The Morgan fingerprint density at radius 2 is 1.91 bits per heavy atom. The molecule has 0 aromatic carbocycles. The second-order valence-corrected chi connectivity index (χ2v) is 5.44. The highest BCUT2D eigenvalue weighted by Gasteiger charge is 2.12. The van der Waals surface area contributed by atoms with E-state index in [2.05, 4.69) is 4.99 Å². The van der Waals surface area contributed by atoms with Crippen LogP contribution >= 0.6 is 0 Å². The molecule has 0 bridgehead atoms. The van der Waals surface area contributed by atoms with Crippen molar-refractivity contribution in [2.24, 2.45) is 25.0 Å². The van der Waals surface area contributed by atoms with Crippen LogP contribution in [0.1, 0.15) is 38.7 Å². The lowest BCUT2D eigenvalue weighted by Crippen LogP contribution is -2.38. The van der Waals surface area contributed by atoms with Gasteiger partial charge in [-0.05, 0) is 32.6 Å². The zero-order valence-corrected chi connectivity index (χ0v) is 14.5. The Hall–Kier alpha value is -2.18. The van der Waals surface area contributed by atoms with Crippen molar-refractivity contribution >= 4 is 18.0 Å². The second kappa shape index (κ2) is 8.45. The van der Waals surface area contributed by atoms with Gasteiger partial charge in [-0.25, -0.2) is 9.79 Å². The zero-order chi connectivity index (χ0) is 17.6. The molecule has 0 fully saturated rings. The Labute approximate surface area is 135 Å². The minimum atomic E-state index is -0.410. The summed E-state index contributed by atoms with van der Waals surface area (Å²) in [6.07, 6.45) is 3.46. The van der Waals surface area contributed by atoms with Crippen molar-refractivity contribution in [1.29, 1.82) is 0 Å². The van der Waals surface area contributed by atoms with Gasteiger partial charge in [-0.3, -0.25) is 18.7 Å². The van der Waals surface area contributed by atoms with Crippen molar-refractivity contribution in [3.63, 3.8) is 0 Å². The smallest absolute Gasteiger partial charge is 0.332 e. The molecule has 1 heterocycles. The Bertz CT molecular complexity index is 663. The van der Waals surface area contributed by atoms with Crippen LogP contribution in [-0.4, -0.2) is 27.9 Å². The molecule has 0 saturated carbocycles. The predicted octanol–water partition coefficient (Wildman–Crippen LogP) is 1.46. The maximum atomic E-state index is 12.0. The molecular formula is C16H25N3O4. The van der Waals surface area contributed by atoms with Gasteiger partial charge in [0, 0.05) is 26.7 Å². The molecule has 7 heteroatoms. The fourth-order valence-electron chi connectivity index (χ4n) is 2.28. The molecule has 1 aromatic heterocycles. The highest BCUT2D eigenvalue weighted by Crippen LogP contribution is 2.15. The average Bonchev–Trinajstić information content (AvgIpc) is 2.54. The first-order valence-electron chi connectivity index (χ1n) is 7.79. The van der Waals surface area contributed by atoms with Crippen LogP contribution in [0.25, 0.3) is 0 Å². The monoisotopic (exact) mass is 323 g/mol. The maximum absolute atomic E-state index is 12.0. The minimum Gasteiger partial charge on any atom is -0.466 e. The third-order valence-corrected chi connectivity index (χ3v) is 3.81. The summed E-state index contributed by atoms with van der Waals surface area (Å²) in [5, 5.41) is 0. The molecule has 23 heavy (non-hydrogen) atoms. The SMILES string of the molecule is CCOC(=O)CCC(/C=N\c1c(C)c(=O)n(C)c(=O)n1C)CC. The topological polar surface area (TPSA) is 82.7 Å². The van der Waals surface area contributed by atoms with Gasteiger partial charge in [0.05, 0.1) is 12.2 Å². The van der Waals surface area contributed by atoms with Crippen LogP contribution in [0.2, 0.25) is 0 Å². The summed E-state index contributed by atoms with van der Waals surface area (Å²) in [4.78, 5) is 39.7. The lowest BCUT2D eigenvalue weighted by atomic mass is 10.0. The van der Waals surface area contributed by atoms with Gasteiger partial charge in [0.1, 0.15) is 5.82 Å². The number of nitrogens with zero attached hydrogens (tertiary/aromatic N) is 3. The third-order valence-electron chi connectivity index (χ3n) is 3.81. The van der Waals surface area contributed by atoms with E-state index in [1.807, 2.05) is 6.92 Å². The predicted molar refractivity (Wildman–Crippen MR) is 89.5 cm³/mol. The Balaban J connectivity index is 2.97. The Morgan fingerprint density at radius 3 is 2.48 bits per heavy atom. The lowest BCUT2D eigenvalue weighted by molar-refractivity contribution is -0.143. The summed E-state index contributed by atoms with van der Waals surface area (Å²) in [5.74, 6) is 0.210. The highest BCUT2D eigenvalue weighted by atomic mass is 16.5. The summed E-state index contributed by atoms with van der Waals surface area (Å²) in [6.45, 7) is 5.79. The van der Waals surface area contributed by atoms with Crippen LogP contribution in [0, 0.1) is 12.8 Å². The molecule has 1 rings (SSSR count). The first kappa shape index (κ1) is 18.9. The molecule has 7 nitrogen and oxygen atoms in total. The fourth-order valence-corrected chi connectivity index (χ4v) is 2.28. The largest absolute Gasteiger partial charge is 0.466 e. The summed E-state index contributed by atoms with van der Waals surface area (Å²) < 4.78 is 7.32. The van der Waals surface area contributed by atoms with Crippen molar-refractivity contribution in [1.82, 2.24) is 9.13 Å². The molecular weight excluding hydrogens is 298 g/mol. The van der Waals surface area contributed by atoms with Gasteiger partial charge < -0.3 is 4.74 Å². The van der Waals surface area contributed by atoms with Gasteiger partial charge in [0.2, 0.25) is 0 Å². The number of carbonyl (C=O) groups is 1. The van der Waals surface area contributed by atoms with E-state index >= 15 is 0 Å². The highest BCUT2D eigenvalue weighted by molar-refractivity contribution is 5.71. The minimum absolute atomic E-state index is 0.0815. The number of aromatic nitrogens is 2. The number of hydrogen-bond donors (Lipinski definition) is 0. The van der Waals surface area contributed by atoms with Crippen molar-refractivity contribution in [3.8, 4) is 0 Å². The summed E-state index contributed by atoms with van der Waals surface area (Å²) in [6, 6.07) is 0. The number of aliphatic imine (C=N–C) groups is 1. The van der Waals surface area contributed by atoms with Crippen molar-refractivity contribution < 1.29 is 9.53 Å². The van der Waals surface area contributed by atoms with E-state index in [9.17, 15) is 14.4 Å². The van der Waals surface area contributed by atoms with Gasteiger partial charge in [-0.1, -0.05) is 6.92 Å². The van der Waals surface area contributed by atoms with Crippen molar-refractivity contribution in [2.75, 3.05) is 6.61 Å². The van der Waals surface area contributed by atoms with Gasteiger partial charge in [0.15, 0.2) is 0 Å². The molecule has 0 saturated heterocycles. The number of rotatable bonds is 7. The van der Waals surface area contributed by atoms with Gasteiger partial charge in [-0.2, -0.15) is 0 Å².